The highest BCUT2D eigenvalue weighted by molar-refractivity contribution is 7.89. The summed E-state index contributed by atoms with van der Waals surface area (Å²) in [6.45, 7) is 3.17. The number of rotatable bonds is 4. The molecule has 1 fully saturated rings. The average molecular weight is 318 g/mol. The normalized spacial score (nSPS) is 20.4. The van der Waals surface area contributed by atoms with Crippen molar-refractivity contribution in [1.82, 2.24) is 9.62 Å². The molecule has 20 heavy (non-hydrogen) atoms. The van der Waals surface area contributed by atoms with Crippen LogP contribution in [0.4, 0.5) is 5.69 Å². The molecule has 0 aliphatic carbocycles. The van der Waals surface area contributed by atoms with Gasteiger partial charge in [-0.25, -0.2) is 13.1 Å². The average Bonchev–Trinajstić information content (AvgIpc) is 2.78. The van der Waals surface area contributed by atoms with Crippen molar-refractivity contribution >= 4 is 27.3 Å². The summed E-state index contributed by atoms with van der Waals surface area (Å²) in [7, 11) is -1.54. The number of likely N-dealkylation sites (N-methyl/N-ethyl adjacent to an activating group) is 1. The molecule has 0 aromatic heterocycles. The van der Waals surface area contributed by atoms with Gasteiger partial charge in [-0.1, -0.05) is 11.6 Å². The van der Waals surface area contributed by atoms with E-state index in [2.05, 4.69) is 9.62 Å². The zero-order valence-electron chi connectivity index (χ0n) is 11.7. The van der Waals surface area contributed by atoms with Crippen LogP contribution in [0.1, 0.15) is 18.4 Å². The van der Waals surface area contributed by atoms with E-state index in [0.717, 1.165) is 19.4 Å². The fraction of sp³-hybridized carbons (Fsp3) is 0.538. The minimum atomic E-state index is -3.55. The molecule has 1 aliphatic rings. The molecule has 7 heteroatoms. The van der Waals surface area contributed by atoms with Crippen LogP contribution in [0.25, 0.3) is 0 Å². The number of nitrogens with zero attached hydrogens (tertiary/aromatic N) is 1. The Balaban J connectivity index is 2.14. The Kier molecular flexibility index (Phi) is 4.59. The largest absolute Gasteiger partial charge is 0.397 e. The van der Waals surface area contributed by atoms with Crippen molar-refractivity contribution in [2.75, 3.05) is 25.9 Å². The fourth-order valence-corrected chi connectivity index (χ4v) is 3.75. The number of halogens is 1. The molecule has 1 unspecified atom stereocenters. The van der Waals surface area contributed by atoms with Crippen molar-refractivity contribution in [3.63, 3.8) is 0 Å². The van der Waals surface area contributed by atoms with E-state index in [9.17, 15) is 8.42 Å². The lowest BCUT2D eigenvalue weighted by atomic mass is 10.2. The van der Waals surface area contributed by atoms with E-state index in [-0.39, 0.29) is 16.6 Å². The predicted octanol–water partition coefficient (Wildman–Crippen LogP) is 1.60. The van der Waals surface area contributed by atoms with Crippen LogP contribution in [0.3, 0.4) is 0 Å². The van der Waals surface area contributed by atoms with E-state index < -0.39 is 10.0 Å². The summed E-state index contributed by atoms with van der Waals surface area (Å²) >= 11 is 5.95. The quantitative estimate of drug-likeness (QED) is 0.827. The van der Waals surface area contributed by atoms with E-state index in [1.807, 2.05) is 7.05 Å². The van der Waals surface area contributed by atoms with Gasteiger partial charge in [0.15, 0.2) is 0 Å². The van der Waals surface area contributed by atoms with E-state index in [4.69, 9.17) is 17.3 Å². The van der Waals surface area contributed by atoms with Crippen LogP contribution < -0.4 is 10.5 Å². The summed E-state index contributed by atoms with van der Waals surface area (Å²) < 4.78 is 27.2. The number of anilines is 1. The summed E-state index contributed by atoms with van der Waals surface area (Å²) in [6.07, 6.45) is 2.12. The van der Waals surface area contributed by atoms with Gasteiger partial charge in [0.25, 0.3) is 0 Å². The molecule has 1 aromatic rings. The molecule has 1 saturated heterocycles. The third-order valence-electron chi connectivity index (χ3n) is 3.75. The van der Waals surface area contributed by atoms with Gasteiger partial charge >= 0.3 is 0 Å². The molecular weight excluding hydrogens is 298 g/mol. The van der Waals surface area contributed by atoms with Crippen LogP contribution in [0.15, 0.2) is 17.0 Å². The molecular formula is C13H20ClN3O2S. The van der Waals surface area contributed by atoms with E-state index in [1.165, 1.54) is 6.07 Å². The number of nitrogens with two attached hydrogens (primary N) is 1. The second-order valence-electron chi connectivity index (χ2n) is 5.27. The van der Waals surface area contributed by atoms with Gasteiger partial charge in [0.2, 0.25) is 10.0 Å². The highest BCUT2D eigenvalue weighted by Gasteiger charge is 2.24. The second kappa shape index (κ2) is 5.89. The van der Waals surface area contributed by atoms with Gasteiger partial charge in [-0.05, 0) is 51.1 Å². The van der Waals surface area contributed by atoms with Crippen molar-refractivity contribution in [3.8, 4) is 0 Å². The van der Waals surface area contributed by atoms with Crippen molar-refractivity contribution in [2.24, 2.45) is 0 Å². The van der Waals surface area contributed by atoms with Gasteiger partial charge in [-0.2, -0.15) is 0 Å². The number of hydrogen-bond donors (Lipinski definition) is 2. The maximum absolute atomic E-state index is 12.3. The number of benzene rings is 1. The number of nitrogen functional groups attached to an aromatic ring is 1. The Morgan fingerprint density at radius 3 is 2.75 bits per heavy atom. The maximum Gasteiger partial charge on any atom is 0.240 e. The first-order valence-electron chi connectivity index (χ1n) is 6.57. The minimum Gasteiger partial charge on any atom is -0.397 e. The van der Waals surface area contributed by atoms with Crippen LogP contribution in [0.5, 0.6) is 0 Å². The molecule has 0 bridgehead atoms. The molecule has 5 nitrogen and oxygen atoms in total. The zero-order chi connectivity index (χ0) is 14.9. The first kappa shape index (κ1) is 15.6. The molecule has 3 N–H and O–H groups in total. The number of likely N-dealkylation sites (tertiary alicyclic amines) is 1. The van der Waals surface area contributed by atoms with Crippen LogP contribution in [-0.2, 0) is 10.0 Å². The molecule has 1 atom stereocenters. The minimum absolute atomic E-state index is 0.164. The van der Waals surface area contributed by atoms with Gasteiger partial charge in [-0.3, -0.25) is 0 Å². The molecule has 1 aromatic carbocycles. The first-order chi connectivity index (χ1) is 9.31. The van der Waals surface area contributed by atoms with Gasteiger partial charge in [0, 0.05) is 12.6 Å². The molecule has 0 radical (unpaired) electrons. The van der Waals surface area contributed by atoms with Gasteiger partial charge in [0.1, 0.15) is 0 Å². The SMILES string of the molecule is Cc1cc(S(=O)(=O)NCC2CCCN2C)cc(N)c1Cl. The number of hydrogen-bond acceptors (Lipinski definition) is 4. The topological polar surface area (TPSA) is 75.4 Å². The first-order valence-corrected chi connectivity index (χ1v) is 8.43. The second-order valence-corrected chi connectivity index (χ2v) is 7.42. The van der Waals surface area contributed by atoms with Gasteiger partial charge in [0.05, 0.1) is 15.6 Å². The van der Waals surface area contributed by atoms with Crippen LogP contribution in [0.2, 0.25) is 5.02 Å². The molecule has 0 amide bonds. The lowest BCUT2D eigenvalue weighted by molar-refractivity contribution is 0.311. The molecule has 112 valence electrons. The highest BCUT2D eigenvalue weighted by atomic mass is 35.5. The van der Waals surface area contributed by atoms with Crippen molar-refractivity contribution in [2.45, 2.75) is 30.7 Å². The van der Waals surface area contributed by atoms with E-state index in [1.54, 1.807) is 13.0 Å². The molecule has 2 rings (SSSR count). The predicted molar refractivity (Wildman–Crippen MR) is 81.4 cm³/mol. The lowest BCUT2D eigenvalue weighted by Gasteiger charge is -2.20. The molecule has 0 spiro atoms. The van der Waals surface area contributed by atoms with Crippen molar-refractivity contribution < 1.29 is 8.42 Å². The summed E-state index contributed by atoms with van der Waals surface area (Å²) in [6, 6.07) is 3.20. The van der Waals surface area contributed by atoms with Crippen molar-refractivity contribution in [3.05, 3.63) is 22.7 Å². The molecule has 0 saturated carbocycles. The summed E-state index contributed by atoms with van der Waals surface area (Å²) in [4.78, 5) is 2.34. The Hall–Kier alpha value is -0.820. The third kappa shape index (κ3) is 3.25. The van der Waals surface area contributed by atoms with Crippen molar-refractivity contribution in [1.29, 1.82) is 0 Å². The van der Waals surface area contributed by atoms with E-state index in [0.29, 0.717) is 17.1 Å². The smallest absolute Gasteiger partial charge is 0.240 e. The third-order valence-corrected chi connectivity index (χ3v) is 5.67. The van der Waals surface area contributed by atoms with E-state index >= 15 is 0 Å². The monoisotopic (exact) mass is 317 g/mol. The molecule has 1 aliphatic heterocycles. The Morgan fingerprint density at radius 2 is 2.20 bits per heavy atom. The standard InChI is InChI=1S/C13H20ClN3O2S/c1-9-6-11(7-12(15)13(9)14)20(18,19)16-8-10-4-3-5-17(10)2/h6-7,10,16H,3-5,8,15H2,1-2H3. The van der Waals surface area contributed by atoms with Crippen LogP contribution in [0, 0.1) is 6.92 Å². The Morgan fingerprint density at radius 1 is 1.50 bits per heavy atom. The number of nitrogens with one attached hydrogen (secondary N) is 1. The lowest BCUT2D eigenvalue weighted by Crippen LogP contribution is -2.38. The molecule has 1 heterocycles. The Bertz CT molecular complexity index is 581. The van der Waals surface area contributed by atoms with Gasteiger partial charge in [-0.15, -0.1) is 0 Å². The number of aryl methyl sites for hydroxylation is 1. The van der Waals surface area contributed by atoms with Crippen LogP contribution in [-0.4, -0.2) is 39.5 Å². The number of sulfonamides is 1. The summed E-state index contributed by atoms with van der Waals surface area (Å²) in [5, 5.41) is 0.402. The maximum atomic E-state index is 12.3. The fourth-order valence-electron chi connectivity index (χ4n) is 2.44. The summed E-state index contributed by atoms with van der Waals surface area (Å²) in [5.74, 6) is 0. The zero-order valence-corrected chi connectivity index (χ0v) is 13.3. The Labute approximate surface area is 125 Å². The summed E-state index contributed by atoms with van der Waals surface area (Å²) in [5.41, 5.74) is 6.67. The van der Waals surface area contributed by atoms with Gasteiger partial charge < -0.3 is 10.6 Å². The van der Waals surface area contributed by atoms with Crippen LogP contribution >= 0.6 is 11.6 Å². The highest BCUT2D eigenvalue weighted by Crippen LogP contribution is 2.26.